The highest BCUT2D eigenvalue weighted by Gasteiger charge is 2.23. The number of benzene rings is 1. The van der Waals surface area contributed by atoms with Crippen molar-refractivity contribution in [3.8, 4) is 5.75 Å². The lowest BCUT2D eigenvalue weighted by Gasteiger charge is -2.11. The van der Waals surface area contributed by atoms with E-state index < -0.39 is 17.5 Å². The number of aliphatic imine (C=N–C) groups is 1. The molecule has 0 unspecified atom stereocenters. The zero-order chi connectivity index (χ0) is 16.3. The van der Waals surface area contributed by atoms with Gasteiger partial charge >= 0.3 is 5.97 Å². The molecular formula is C15H15ClFNO4. The molecule has 0 saturated heterocycles. The van der Waals surface area contributed by atoms with Crippen LogP contribution in [0.2, 0.25) is 5.02 Å². The Morgan fingerprint density at radius 2 is 2.14 bits per heavy atom. The summed E-state index contributed by atoms with van der Waals surface area (Å²) < 4.78 is 23.3. The molecule has 0 radical (unpaired) electrons. The topological polar surface area (TPSA) is 68.1 Å². The first-order chi connectivity index (χ1) is 10.5. The molecule has 1 saturated carbocycles. The minimum atomic E-state index is -0.778. The molecule has 0 atom stereocenters. The zero-order valence-electron chi connectivity index (χ0n) is 12.1. The van der Waals surface area contributed by atoms with Gasteiger partial charge in [-0.25, -0.2) is 9.18 Å². The van der Waals surface area contributed by atoms with E-state index in [1.165, 1.54) is 26.5 Å². The van der Waals surface area contributed by atoms with E-state index >= 15 is 0 Å². The number of rotatable bonds is 5. The highest BCUT2D eigenvalue weighted by molar-refractivity contribution is 6.31. The van der Waals surface area contributed by atoms with Crippen molar-refractivity contribution in [2.45, 2.75) is 18.9 Å². The van der Waals surface area contributed by atoms with Crippen LogP contribution in [-0.2, 0) is 9.53 Å². The van der Waals surface area contributed by atoms with E-state index in [2.05, 4.69) is 9.73 Å². The van der Waals surface area contributed by atoms with E-state index in [1.54, 1.807) is 0 Å². The van der Waals surface area contributed by atoms with Gasteiger partial charge in [-0.1, -0.05) is 11.6 Å². The lowest BCUT2D eigenvalue weighted by Crippen LogP contribution is -2.10. The van der Waals surface area contributed by atoms with Gasteiger partial charge in [-0.2, -0.15) is 0 Å². The van der Waals surface area contributed by atoms with Crippen LogP contribution in [0, 0.1) is 5.82 Å². The number of nitrogens with zero attached hydrogens (tertiary/aromatic N) is 1. The number of ether oxygens (including phenoxy) is 2. The van der Waals surface area contributed by atoms with Crippen molar-refractivity contribution >= 4 is 29.5 Å². The molecule has 5 nitrogen and oxygen atoms in total. The molecule has 1 N–H and O–H groups in total. The maximum absolute atomic E-state index is 13.7. The Morgan fingerprint density at radius 1 is 1.45 bits per heavy atom. The van der Waals surface area contributed by atoms with Gasteiger partial charge < -0.3 is 14.6 Å². The molecule has 1 aromatic carbocycles. The van der Waals surface area contributed by atoms with E-state index in [0.717, 1.165) is 18.9 Å². The third-order valence-corrected chi connectivity index (χ3v) is 3.41. The van der Waals surface area contributed by atoms with Crippen molar-refractivity contribution in [1.82, 2.24) is 0 Å². The van der Waals surface area contributed by atoms with Gasteiger partial charge in [-0.15, -0.1) is 0 Å². The Kier molecular flexibility index (Phi) is 5.03. The van der Waals surface area contributed by atoms with Crippen LogP contribution in [0.25, 0.3) is 5.76 Å². The molecule has 1 aliphatic carbocycles. The Balaban J connectivity index is 2.53. The first-order valence-electron chi connectivity index (χ1n) is 6.56. The predicted molar refractivity (Wildman–Crippen MR) is 81.0 cm³/mol. The second-order valence-electron chi connectivity index (χ2n) is 4.73. The molecule has 0 amide bonds. The summed E-state index contributed by atoms with van der Waals surface area (Å²) in [5, 5.41) is 10.2. The van der Waals surface area contributed by atoms with Crippen LogP contribution in [0.3, 0.4) is 0 Å². The fourth-order valence-electron chi connectivity index (χ4n) is 1.75. The predicted octanol–water partition coefficient (Wildman–Crippen LogP) is 3.16. The number of hydrogen-bond donors (Lipinski definition) is 1. The summed E-state index contributed by atoms with van der Waals surface area (Å²) in [6.07, 6.45) is 3.11. The fourth-order valence-corrected chi connectivity index (χ4v) is 1.91. The van der Waals surface area contributed by atoms with Gasteiger partial charge in [0.05, 0.1) is 30.8 Å². The number of carbonyl (C=O) groups excluding carboxylic acids is 1. The molecule has 22 heavy (non-hydrogen) atoms. The molecule has 0 heterocycles. The second-order valence-corrected chi connectivity index (χ2v) is 5.14. The molecule has 7 heteroatoms. The average molecular weight is 328 g/mol. The molecular weight excluding hydrogens is 313 g/mol. The molecule has 0 aliphatic heterocycles. The minimum absolute atomic E-state index is 0.00736. The highest BCUT2D eigenvalue weighted by Crippen LogP contribution is 2.32. The molecule has 0 bridgehead atoms. The molecule has 118 valence electrons. The van der Waals surface area contributed by atoms with Crippen LogP contribution in [-0.4, -0.2) is 37.6 Å². The Morgan fingerprint density at radius 3 is 2.68 bits per heavy atom. The minimum Gasteiger partial charge on any atom is -0.506 e. The van der Waals surface area contributed by atoms with Crippen LogP contribution in [0.4, 0.5) is 4.39 Å². The Labute approximate surface area is 132 Å². The molecule has 1 fully saturated rings. The third kappa shape index (κ3) is 3.57. The van der Waals surface area contributed by atoms with Gasteiger partial charge in [0, 0.05) is 12.3 Å². The number of aliphatic hydroxyl groups excluding tert-OH is 1. The maximum atomic E-state index is 13.7. The van der Waals surface area contributed by atoms with E-state index in [1.807, 2.05) is 0 Å². The zero-order valence-corrected chi connectivity index (χ0v) is 12.9. The maximum Gasteiger partial charge on any atom is 0.343 e. The number of carbonyl (C=O) groups is 1. The molecule has 1 aliphatic rings. The highest BCUT2D eigenvalue weighted by atomic mass is 35.5. The number of hydrogen-bond acceptors (Lipinski definition) is 5. The van der Waals surface area contributed by atoms with Crippen molar-refractivity contribution in [1.29, 1.82) is 0 Å². The van der Waals surface area contributed by atoms with Crippen molar-refractivity contribution in [3.63, 3.8) is 0 Å². The monoisotopic (exact) mass is 327 g/mol. The van der Waals surface area contributed by atoms with Crippen LogP contribution in [0.1, 0.15) is 18.4 Å². The largest absolute Gasteiger partial charge is 0.506 e. The average Bonchev–Trinajstić information content (AvgIpc) is 3.33. The standard InChI is InChI=1S/C15H15ClFNO4/c1-21-13-6-11(16)12(17)5-9(13)14(19)10(15(20)22-2)7-18-8-3-4-8/h5-8,19H,3-4H2,1-2H3. The fraction of sp³-hybridized carbons (Fsp3) is 0.333. The smallest absolute Gasteiger partial charge is 0.343 e. The summed E-state index contributed by atoms with van der Waals surface area (Å²) >= 11 is 5.68. The molecule has 2 rings (SSSR count). The van der Waals surface area contributed by atoms with Gasteiger partial charge in [0.25, 0.3) is 0 Å². The second kappa shape index (κ2) is 6.79. The lowest BCUT2D eigenvalue weighted by atomic mass is 10.1. The van der Waals surface area contributed by atoms with E-state index in [0.29, 0.717) is 0 Å². The molecule has 0 spiro atoms. The quantitative estimate of drug-likeness (QED) is 0.390. The van der Waals surface area contributed by atoms with Gasteiger partial charge in [-0.3, -0.25) is 4.99 Å². The molecule has 0 aromatic heterocycles. The summed E-state index contributed by atoms with van der Waals surface area (Å²) in [4.78, 5) is 16.0. The van der Waals surface area contributed by atoms with Crippen molar-refractivity contribution in [3.05, 3.63) is 34.1 Å². The van der Waals surface area contributed by atoms with E-state index in [4.69, 9.17) is 16.3 Å². The SMILES string of the molecule is COC(=O)C(C=NC1CC1)=C(O)c1cc(F)c(Cl)cc1OC. The summed E-state index contributed by atoms with van der Waals surface area (Å²) in [5.41, 5.74) is -0.179. The Bertz CT molecular complexity index is 653. The number of halogens is 2. The van der Waals surface area contributed by atoms with Crippen molar-refractivity contribution < 1.29 is 23.8 Å². The van der Waals surface area contributed by atoms with Gasteiger partial charge in [0.2, 0.25) is 0 Å². The summed E-state index contributed by atoms with van der Waals surface area (Å²) in [7, 11) is 2.52. The third-order valence-electron chi connectivity index (χ3n) is 3.12. The number of aliphatic hydroxyl groups is 1. The normalized spacial score (nSPS) is 15.6. The lowest BCUT2D eigenvalue weighted by molar-refractivity contribution is -0.135. The van der Waals surface area contributed by atoms with Gasteiger partial charge in [0.15, 0.2) is 0 Å². The first kappa shape index (κ1) is 16.3. The van der Waals surface area contributed by atoms with Crippen LogP contribution in [0.5, 0.6) is 5.75 Å². The summed E-state index contributed by atoms with van der Waals surface area (Å²) in [5.74, 6) is -1.87. The van der Waals surface area contributed by atoms with E-state index in [9.17, 15) is 14.3 Å². The van der Waals surface area contributed by atoms with Crippen molar-refractivity contribution in [2.75, 3.05) is 14.2 Å². The van der Waals surface area contributed by atoms with Crippen LogP contribution >= 0.6 is 11.6 Å². The van der Waals surface area contributed by atoms with Crippen LogP contribution in [0.15, 0.2) is 22.7 Å². The first-order valence-corrected chi connectivity index (χ1v) is 6.93. The van der Waals surface area contributed by atoms with E-state index in [-0.39, 0.29) is 28.0 Å². The van der Waals surface area contributed by atoms with Crippen LogP contribution < -0.4 is 4.74 Å². The number of esters is 1. The summed E-state index contributed by atoms with van der Waals surface area (Å²) in [6, 6.07) is 2.36. The van der Waals surface area contributed by atoms with Crippen molar-refractivity contribution in [2.24, 2.45) is 4.99 Å². The van der Waals surface area contributed by atoms with Gasteiger partial charge in [-0.05, 0) is 18.9 Å². The number of methoxy groups -OCH3 is 2. The summed E-state index contributed by atoms with van der Waals surface area (Å²) in [6.45, 7) is 0. The van der Waals surface area contributed by atoms with Gasteiger partial charge in [0.1, 0.15) is 22.9 Å². The molecule has 1 aromatic rings. The Hall–Kier alpha value is -2.08.